The third-order valence-corrected chi connectivity index (χ3v) is 4.35. The zero-order chi connectivity index (χ0) is 18.5. The van der Waals surface area contributed by atoms with Crippen LogP contribution in [0, 0.1) is 0 Å². The van der Waals surface area contributed by atoms with E-state index in [0.29, 0.717) is 17.6 Å². The Balaban J connectivity index is 3.62. The van der Waals surface area contributed by atoms with Crippen molar-refractivity contribution in [3.8, 4) is 0 Å². The first kappa shape index (κ1) is 24.0. The van der Waals surface area contributed by atoms with Crippen LogP contribution in [0.3, 0.4) is 0 Å². The lowest BCUT2D eigenvalue weighted by atomic mass is 10.1. The van der Waals surface area contributed by atoms with Crippen molar-refractivity contribution in [1.82, 2.24) is 0 Å². The van der Waals surface area contributed by atoms with Gasteiger partial charge in [-0.05, 0) is 6.42 Å². The number of ether oxygens (including phenoxy) is 1. The smallest absolute Gasteiger partial charge is 0.268 e. The van der Waals surface area contributed by atoms with Gasteiger partial charge in [-0.3, -0.25) is 4.57 Å². The summed E-state index contributed by atoms with van der Waals surface area (Å²) < 4.78 is 26.9. The fourth-order valence-electron chi connectivity index (χ4n) is 1.89. The Kier molecular flexibility index (Phi) is 13.2. The number of hydrogen-bond donors (Lipinski definition) is 1. The van der Waals surface area contributed by atoms with E-state index in [4.69, 9.17) is 9.26 Å². The van der Waals surface area contributed by atoms with Crippen molar-refractivity contribution in [3.63, 3.8) is 0 Å². The predicted octanol–water partition coefficient (Wildman–Crippen LogP) is 1.93. The maximum Gasteiger partial charge on any atom is 0.268 e. The van der Waals surface area contributed by atoms with Gasteiger partial charge >= 0.3 is 0 Å². The van der Waals surface area contributed by atoms with Crippen LogP contribution in [0.5, 0.6) is 0 Å². The summed E-state index contributed by atoms with van der Waals surface area (Å²) in [6, 6.07) is 0. The molecule has 0 aromatic carbocycles. The van der Waals surface area contributed by atoms with Gasteiger partial charge in [-0.1, -0.05) is 39.0 Å². The summed E-state index contributed by atoms with van der Waals surface area (Å²) in [7, 11) is 1.44. The second-order valence-corrected chi connectivity index (χ2v) is 8.50. The van der Waals surface area contributed by atoms with Gasteiger partial charge in [-0.15, -0.1) is 0 Å². The van der Waals surface area contributed by atoms with E-state index in [1.807, 2.05) is 21.1 Å². The van der Waals surface area contributed by atoms with Gasteiger partial charge in [-0.25, -0.2) is 0 Å². The Morgan fingerprint density at radius 2 is 1.62 bits per heavy atom. The first-order valence-electron chi connectivity index (χ1n) is 8.82. The van der Waals surface area contributed by atoms with Gasteiger partial charge in [0.15, 0.2) is 0 Å². The summed E-state index contributed by atoms with van der Waals surface area (Å²) in [6.07, 6.45) is 6.03. The van der Waals surface area contributed by atoms with E-state index in [2.05, 4.69) is 11.4 Å². The standard InChI is InChI=1S/C16H36NO6P/c1-5-6-7-8-9-10-12-21-14-16(18)15-23-24(19,20)22-13-11-17(2,3)4/h16,18H,5-15H2,1-4H3. The minimum atomic E-state index is -4.37. The molecule has 0 aromatic rings. The maximum atomic E-state index is 11.5. The van der Waals surface area contributed by atoms with Crippen molar-refractivity contribution >= 4 is 7.82 Å². The molecular formula is C16H36NO6P. The molecule has 0 spiro atoms. The highest BCUT2D eigenvalue weighted by atomic mass is 31.2. The Morgan fingerprint density at radius 3 is 2.25 bits per heavy atom. The van der Waals surface area contributed by atoms with Crippen molar-refractivity contribution < 1.29 is 32.8 Å². The van der Waals surface area contributed by atoms with Crippen LogP contribution in [0.4, 0.5) is 0 Å². The van der Waals surface area contributed by atoms with E-state index in [-0.39, 0.29) is 19.8 Å². The highest BCUT2D eigenvalue weighted by Crippen LogP contribution is 2.38. The quantitative estimate of drug-likeness (QED) is 0.254. The van der Waals surface area contributed by atoms with Gasteiger partial charge in [0.25, 0.3) is 7.82 Å². The summed E-state index contributed by atoms with van der Waals surface area (Å²) in [4.78, 5) is 11.5. The molecule has 0 aliphatic carbocycles. The minimum Gasteiger partial charge on any atom is -0.756 e. The molecule has 2 atom stereocenters. The van der Waals surface area contributed by atoms with Crippen molar-refractivity contribution in [3.05, 3.63) is 0 Å². The molecule has 0 aliphatic rings. The molecule has 0 bridgehead atoms. The molecule has 0 saturated carbocycles. The van der Waals surface area contributed by atoms with Crippen LogP contribution in [-0.4, -0.2) is 69.8 Å². The molecule has 0 fully saturated rings. The lowest BCUT2D eigenvalue weighted by Gasteiger charge is -2.27. The molecule has 1 N–H and O–H groups in total. The summed E-state index contributed by atoms with van der Waals surface area (Å²) >= 11 is 0. The van der Waals surface area contributed by atoms with Crippen molar-refractivity contribution in [1.29, 1.82) is 0 Å². The van der Waals surface area contributed by atoms with Crippen LogP contribution < -0.4 is 4.89 Å². The third-order valence-electron chi connectivity index (χ3n) is 3.39. The number of phosphoric acid groups is 1. The monoisotopic (exact) mass is 369 g/mol. The van der Waals surface area contributed by atoms with E-state index >= 15 is 0 Å². The first-order chi connectivity index (χ1) is 11.2. The van der Waals surface area contributed by atoms with Gasteiger partial charge in [0.1, 0.15) is 19.3 Å². The average molecular weight is 369 g/mol. The molecule has 0 aromatic heterocycles. The summed E-state index contributed by atoms with van der Waals surface area (Å²) in [5.74, 6) is 0. The normalized spacial score (nSPS) is 16.1. The zero-order valence-electron chi connectivity index (χ0n) is 15.7. The Hall–Kier alpha value is -0.0100. The van der Waals surface area contributed by atoms with E-state index in [9.17, 15) is 14.6 Å². The zero-order valence-corrected chi connectivity index (χ0v) is 16.6. The molecule has 0 amide bonds. The number of aliphatic hydroxyl groups excluding tert-OH is 1. The number of nitrogens with zero attached hydrogens (tertiary/aromatic N) is 1. The van der Waals surface area contributed by atoms with Crippen LogP contribution in [0.25, 0.3) is 0 Å². The molecule has 0 saturated heterocycles. The van der Waals surface area contributed by atoms with Gasteiger partial charge in [-0.2, -0.15) is 0 Å². The fourth-order valence-corrected chi connectivity index (χ4v) is 2.63. The molecular weight excluding hydrogens is 333 g/mol. The van der Waals surface area contributed by atoms with E-state index in [1.54, 1.807) is 0 Å². The number of phosphoric ester groups is 1. The van der Waals surface area contributed by atoms with Crippen LogP contribution in [0.2, 0.25) is 0 Å². The maximum absolute atomic E-state index is 11.5. The topological polar surface area (TPSA) is 88.0 Å². The van der Waals surface area contributed by atoms with Crippen LogP contribution >= 0.6 is 7.82 Å². The molecule has 0 aliphatic heterocycles. The average Bonchev–Trinajstić information content (AvgIpc) is 2.46. The fraction of sp³-hybridized carbons (Fsp3) is 1.00. The van der Waals surface area contributed by atoms with E-state index in [0.717, 1.165) is 12.8 Å². The second-order valence-electron chi connectivity index (χ2n) is 7.09. The minimum absolute atomic E-state index is 0.0505. The van der Waals surface area contributed by atoms with Crippen molar-refractivity contribution in [2.75, 3.05) is 54.1 Å². The second kappa shape index (κ2) is 13.2. The summed E-state index contributed by atoms with van der Waals surface area (Å²) in [6.45, 7) is 3.06. The Morgan fingerprint density at radius 1 is 1.00 bits per heavy atom. The molecule has 7 nitrogen and oxygen atoms in total. The summed E-state index contributed by atoms with van der Waals surface area (Å²) in [5.41, 5.74) is 0. The van der Waals surface area contributed by atoms with Gasteiger partial charge in [0.05, 0.1) is 34.4 Å². The number of hydrogen-bond acceptors (Lipinski definition) is 6. The number of quaternary nitrogens is 1. The van der Waals surface area contributed by atoms with Crippen molar-refractivity contribution in [2.24, 2.45) is 0 Å². The molecule has 146 valence electrons. The predicted molar refractivity (Wildman–Crippen MR) is 92.6 cm³/mol. The highest BCUT2D eigenvalue weighted by Gasteiger charge is 2.15. The van der Waals surface area contributed by atoms with Gasteiger partial charge < -0.3 is 28.3 Å². The lowest BCUT2D eigenvalue weighted by molar-refractivity contribution is -0.870. The van der Waals surface area contributed by atoms with E-state index < -0.39 is 13.9 Å². The van der Waals surface area contributed by atoms with Crippen LogP contribution in [0.1, 0.15) is 45.4 Å². The number of likely N-dealkylation sites (N-methyl/N-ethyl adjacent to an activating group) is 1. The summed E-state index contributed by atoms with van der Waals surface area (Å²) in [5, 5.41) is 9.67. The molecule has 8 heteroatoms. The number of rotatable bonds is 16. The first-order valence-corrected chi connectivity index (χ1v) is 10.3. The number of unbranched alkanes of at least 4 members (excludes halogenated alkanes) is 5. The van der Waals surface area contributed by atoms with Crippen LogP contribution in [-0.2, 0) is 18.3 Å². The SMILES string of the molecule is CCCCCCCCOCC(O)COP(=O)([O-])OCC[N+](C)(C)C. The van der Waals surface area contributed by atoms with Crippen molar-refractivity contribution in [2.45, 2.75) is 51.6 Å². The lowest BCUT2D eigenvalue weighted by Crippen LogP contribution is -2.37. The van der Waals surface area contributed by atoms with Crippen LogP contribution in [0.15, 0.2) is 0 Å². The third kappa shape index (κ3) is 16.8. The number of aliphatic hydroxyl groups is 1. The molecule has 0 radical (unpaired) electrons. The Labute approximate surface area is 147 Å². The Bertz CT molecular complexity index is 348. The molecule has 2 unspecified atom stereocenters. The molecule has 0 heterocycles. The van der Waals surface area contributed by atoms with E-state index in [1.165, 1.54) is 25.7 Å². The molecule has 24 heavy (non-hydrogen) atoms. The molecule has 0 rings (SSSR count). The van der Waals surface area contributed by atoms with Gasteiger partial charge in [0, 0.05) is 6.61 Å². The highest BCUT2D eigenvalue weighted by molar-refractivity contribution is 7.45. The largest absolute Gasteiger partial charge is 0.756 e. The van der Waals surface area contributed by atoms with Gasteiger partial charge in [0.2, 0.25) is 0 Å².